The lowest BCUT2D eigenvalue weighted by Gasteiger charge is -2.24. The molecule has 0 bridgehead atoms. The number of rotatable bonds is 2. The fourth-order valence-corrected chi connectivity index (χ4v) is 2.73. The molecule has 3 rings (SSSR count). The number of aromatic nitrogens is 1. The van der Waals surface area contributed by atoms with Crippen LogP contribution in [0.4, 0.5) is 0 Å². The summed E-state index contributed by atoms with van der Waals surface area (Å²) >= 11 is 1.70. The quantitative estimate of drug-likeness (QED) is 0.820. The summed E-state index contributed by atoms with van der Waals surface area (Å²) in [5, 5.41) is 3.25. The number of aliphatic imine (C=N–C) groups is 1. The average molecular weight is 222 g/mol. The van der Waals surface area contributed by atoms with Gasteiger partial charge < -0.3 is 10.6 Å². The molecule has 80 valence electrons. The van der Waals surface area contributed by atoms with Crippen molar-refractivity contribution >= 4 is 17.3 Å². The van der Waals surface area contributed by atoms with Gasteiger partial charge in [-0.05, 0) is 19.8 Å². The van der Waals surface area contributed by atoms with E-state index in [0.717, 1.165) is 17.2 Å². The van der Waals surface area contributed by atoms with E-state index in [1.54, 1.807) is 11.3 Å². The second-order valence-corrected chi connectivity index (χ2v) is 5.21. The number of thiazole rings is 1. The van der Waals surface area contributed by atoms with Gasteiger partial charge in [0.2, 0.25) is 0 Å². The highest BCUT2D eigenvalue weighted by Crippen LogP contribution is 2.37. The molecule has 0 radical (unpaired) electrons. The van der Waals surface area contributed by atoms with Gasteiger partial charge in [-0.15, -0.1) is 11.3 Å². The van der Waals surface area contributed by atoms with Gasteiger partial charge in [0.05, 0.1) is 23.3 Å². The molecule has 2 heterocycles. The van der Waals surface area contributed by atoms with Gasteiger partial charge in [-0.1, -0.05) is 0 Å². The summed E-state index contributed by atoms with van der Waals surface area (Å²) in [6, 6.07) is 0.908. The Labute approximate surface area is 92.8 Å². The Bertz CT molecular complexity index is 407. The summed E-state index contributed by atoms with van der Waals surface area (Å²) in [5.74, 6) is 0.702. The Kier molecular flexibility index (Phi) is 1.95. The lowest BCUT2D eigenvalue weighted by atomic mass is 10.2. The summed E-state index contributed by atoms with van der Waals surface area (Å²) < 4.78 is 0. The molecule has 0 saturated heterocycles. The van der Waals surface area contributed by atoms with Crippen LogP contribution >= 0.6 is 11.3 Å². The molecule has 0 aromatic carbocycles. The Balaban J connectivity index is 1.87. The van der Waals surface area contributed by atoms with Crippen LogP contribution in [-0.2, 0) is 0 Å². The SMILES string of the molecule is Cc1nc(C2CN=C(N)N2C2CC2)cs1. The van der Waals surface area contributed by atoms with E-state index in [1.807, 2.05) is 6.92 Å². The monoisotopic (exact) mass is 222 g/mol. The van der Waals surface area contributed by atoms with E-state index < -0.39 is 0 Å². The second kappa shape index (κ2) is 3.20. The Morgan fingerprint density at radius 1 is 1.53 bits per heavy atom. The zero-order chi connectivity index (χ0) is 10.4. The van der Waals surface area contributed by atoms with Crippen molar-refractivity contribution in [1.29, 1.82) is 0 Å². The number of hydrogen-bond acceptors (Lipinski definition) is 5. The lowest BCUT2D eigenvalue weighted by molar-refractivity contribution is 0.333. The van der Waals surface area contributed by atoms with E-state index in [9.17, 15) is 0 Å². The minimum Gasteiger partial charge on any atom is -0.370 e. The maximum Gasteiger partial charge on any atom is 0.192 e. The van der Waals surface area contributed by atoms with Crippen LogP contribution in [0.25, 0.3) is 0 Å². The summed E-state index contributed by atoms with van der Waals surface area (Å²) in [7, 11) is 0. The molecule has 0 spiro atoms. The van der Waals surface area contributed by atoms with Gasteiger partial charge in [0, 0.05) is 11.4 Å². The third-order valence-corrected chi connectivity index (χ3v) is 3.74. The molecular weight excluding hydrogens is 208 g/mol. The fourth-order valence-electron chi connectivity index (χ4n) is 2.07. The Morgan fingerprint density at radius 2 is 2.33 bits per heavy atom. The van der Waals surface area contributed by atoms with Crippen molar-refractivity contribution in [3.8, 4) is 0 Å². The zero-order valence-corrected chi connectivity index (χ0v) is 9.50. The summed E-state index contributed by atoms with van der Waals surface area (Å²) in [6.45, 7) is 2.81. The number of guanidine groups is 1. The van der Waals surface area contributed by atoms with E-state index in [1.165, 1.54) is 12.8 Å². The molecule has 2 aliphatic rings. The van der Waals surface area contributed by atoms with Crippen molar-refractivity contribution < 1.29 is 0 Å². The van der Waals surface area contributed by atoms with Gasteiger partial charge in [-0.25, -0.2) is 4.98 Å². The molecule has 1 unspecified atom stereocenters. The summed E-state index contributed by atoms with van der Waals surface area (Å²) in [6.07, 6.45) is 2.49. The van der Waals surface area contributed by atoms with Gasteiger partial charge >= 0.3 is 0 Å². The standard InChI is InChI=1S/C10H14N4S/c1-6-13-8(5-15-6)9-4-12-10(11)14(9)7-2-3-7/h5,7,9H,2-4H2,1H3,(H2,11,12). The van der Waals surface area contributed by atoms with E-state index >= 15 is 0 Å². The van der Waals surface area contributed by atoms with Crippen LogP contribution < -0.4 is 5.73 Å². The Morgan fingerprint density at radius 3 is 2.93 bits per heavy atom. The molecule has 1 aliphatic heterocycles. The number of nitrogens with two attached hydrogens (primary N) is 1. The zero-order valence-electron chi connectivity index (χ0n) is 8.68. The van der Waals surface area contributed by atoms with Gasteiger partial charge in [-0.2, -0.15) is 0 Å². The molecule has 1 fully saturated rings. The highest BCUT2D eigenvalue weighted by molar-refractivity contribution is 7.09. The van der Waals surface area contributed by atoms with E-state index in [2.05, 4.69) is 20.3 Å². The molecule has 1 aromatic rings. The Hall–Kier alpha value is -1.10. The van der Waals surface area contributed by atoms with E-state index in [-0.39, 0.29) is 0 Å². The first-order valence-corrected chi connectivity index (χ1v) is 6.14. The third kappa shape index (κ3) is 1.51. The van der Waals surface area contributed by atoms with E-state index in [4.69, 9.17) is 5.73 Å². The first-order chi connectivity index (χ1) is 7.25. The minimum atomic E-state index is 0.294. The topological polar surface area (TPSA) is 54.5 Å². The van der Waals surface area contributed by atoms with Crippen molar-refractivity contribution in [2.24, 2.45) is 10.7 Å². The molecular formula is C10H14N4S. The molecule has 15 heavy (non-hydrogen) atoms. The summed E-state index contributed by atoms with van der Waals surface area (Å²) in [5.41, 5.74) is 7.04. The third-order valence-electron chi connectivity index (χ3n) is 2.94. The average Bonchev–Trinajstić information content (AvgIpc) is 2.84. The van der Waals surface area contributed by atoms with Crippen LogP contribution in [0, 0.1) is 6.92 Å². The van der Waals surface area contributed by atoms with Crippen molar-refractivity contribution in [2.45, 2.75) is 31.8 Å². The largest absolute Gasteiger partial charge is 0.370 e. The molecule has 1 aliphatic carbocycles. The van der Waals surface area contributed by atoms with Crippen LogP contribution in [-0.4, -0.2) is 28.4 Å². The lowest BCUT2D eigenvalue weighted by Crippen LogP contribution is -2.37. The van der Waals surface area contributed by atoms with Crippen LogP contribution in [0.5, 0.6) is 0 Å². The highest BCUT2D eigenvalue weighted by atomic mass is 32.1. The van der Waals surface area contributed by atoms with Crippen LogP contribution in [0.2, 0.25) is 0 Å². The second-order valence-electron chi connectivity index (χ2n) is 4.14. The number of nitrogens with zero attached hydrogens (tertiary/aromatic N) is 3. The smallest absolute Gasteiger partial charge is 0.192 e. The van der Waals surface area contributed by atoms with Crippen LogP contribution in [0.15, 0.2) is 10.4 Å². The maximum atomic E-state index is 5.91. The predicted molar refractivity (Wildman–Crippen MR) is 60.9 cm³/mol. The van der Waals surface area contributed by atoms with Crippen molar-refractivity contribution in [1.82, 2.24) is 9.88 Å². The first-order valence-electron chi connectivity index (χ1n) is 5.26. The van der Waals surface area contributed by atoms with Gasteiger partial charge in [-0.3, -0.25) is 4.99 Å². The molecule has 1 aromatic heterocycles. The predicted octanol–water partition coefficient (Wildman–Crippen LogP) is 1.29. The normalized spacial score (nSPS) is 25.8. The molecule has 4 nitrogen and oxygen atoms in total. The fraction of sp³-hybridized carbons (Fsp3) is 0.600. The summed E-state index contributed by atoms with van der Waals surface area (Å²) in [4.78, 5) is 11.1. The van der Waals surface area contributed by atoms with Crippen molar-refractivity contribution in [2.75, 3.05) is 6.54 Å². The highest BCUT2D eigenvalue weighted by Gasteiger charge is 2.39. The molecule has 0 amide bonds. The number of hydrogen-bond donors (Lipinski definition) is 1. The van der Waals surface area contributed by atoms with Gasteiger partial charge in [0.1, 0.15) is 0 Å². The van der Waals surface area contributed by atoms with Crippen molar-refractivity contribution in [3.63, 3.8) is 0 Å². The first kappa shape index (κ1) is 9.15. The minimum absolute atomic E-state index is 0.294. The molecule has 2 N–H and O–H groups in total. The maximum absolute atomic E-state index is 5.91. The van der Waals surface area contributed by atoms with Gasteiger partial charge in [0.25, 0.3) is 0 Å². The van der Waals surface area contributed by atoms with Crippen molar-refractivity contribution in [3.05, 3.63) is 16.1 Å². The molecule has 1 saturated carbocycles. The molecule has 1 atom stereocenters. The van der Waals surface area contributed by atoms with E-state index in [0.29, 0.717) is 18.0 Å². The number of aryl methyl sites for hydroxylation is 1. The van der Waals surface area contributed by atoms with Gasteiger partial charge in [0.15, 0.2) is 5.96 Å². The van der Waals surface area contributed by atoms with Crippen LogP contribution in [0.1, 0.15) is 29.6 Å². The molecule has 5 heteroatoms. The van der Waals surface area contributed by atoms with Crippen LogP contribution in [0.3, 0.4) is 0 Å².